The van der Waals surface area contributed by atoms with Crippen LogP contribution in [0.2, 0.25) is 0 Å². The van der Waals surface area contributed by atoms with Gasteiger partial charge in [0.2, 0.25) is 0 Å². The Morgan fingerprint density at radius 3 is 3.17 bits per heavy atom. The van der Waals surface area contributed by atoms with E-state index in [0.717, 1.165) is 0 Å². The molecule has 0 spiro atoms. The number of hydrogen-bond donors (Lipinski definition) is 0. The number of benzene rings is 1. The predicted octanol–water partition coefficient (Wildman–Crippen LogP) is 2.32. The van der Waals surface area contributed by atoms with E-state index in [0.29, 0.717) is 12.4 Å². The molecule has 1 aromatic rings. The van der Waals surface area contributed by atoms with E-state index in [1.165, 1.54) is 6.07 Å². The van der Waals surface area contributed by atoms with Crippen molar-refractivity contribution in [2.45, 2.75) is 5.01 Å². The SMILES string of the molecule is Fc1cccc2c1OC(Br)CO2. The first-order chi connectivity index (χ1) is 5.77. The molecule has 0 saturated heterocycles. The van der Waals surface area contributed by atoms with Crippen molar-refractivity contribution in [3.8, 4) is 11.5 Å². The van der Waals surface area contributed by atoms with Crippen molar-refractivity contribution in [3.05, 3.63) is 24.0 Å². The highest BCUT2D eigenvalue weighted by molar-refractivity contribution is 9.09. The van der Waals surface area contributed by atoms with Crippen molar-refractivity contribution in [2.24, 2.45) is 0 Å². The first-order valence-corrected chi connectivity index (χ1v) is 4.41. The molecule has 64 valence electrons. The molecule has 1 unspecified atom stereocenters. The van der Waals surface area contributed by atoms with Gasteiger partial charge in [-0.3, -0.25) is 0 Å². The fourth-order valence-electron chi connectivity index (χ4n) is 1.03. The van der Waals surface area contributed by atoms with E-state index in [-0.39, 0.29) is 10.8 Å². The summed E-state index contributed by atoms with van der Waals surface area (Å²) in [6.45, 7) is 0.399. The zero-order valence-corrected chi connectivity index (χ0v) is 7.67. The molecule has 1 aromatic carbocycles. The summed E-state index contributed by atoms with van der Waals surface area (Å²) < 4.78 is 23.4. The molecule has 0 fully saturated rings. The van der Waals surface area contributed by atoms with Gasteiger partial charge in [0.25, 0.3) is 0 Å². The molecule has 0 amide bonds. The summed E-state index contributed by atoms with van der Waals surface area (Å²) in [5.74, 6) is 0.257. The van der Waals surface area contributed by atoms with Crippen molar-refractivity contribution in [2.75, 3.05) is 6.61 Å². The fraction of sp³-hybridized carbons (Fsp3) is 0.250. The second kappa shape index (κ2) is 2.94. The summed E-state index contributed by atoms with van der Waals surface area (Å²) in [7, 11) is 0. The summed E-state index contributed by atoms with van der Waals surface area (Å²) in [5, 5.41) is -0.262. The minimum absolute atomic E-state index is 0.186. The van der Waals surface area contributed by atoms with Crippen LogP contribution in [0.3, 0.4) is 0 Å². The summed E-state index contributed by atoms with van der Waals surface area (Å²) >= 11 is 3.18. The molecule has 1 aliphatic heterocycles. The lowest BCUT2D eigenvalue weighted by Crippen LogP contribution is -2.23. The van der Waals surface area contributed by atoms with Gasteiger partial charge in [-0.2, -0.15) is 0 Å². The molecule has 0 radical (unpaired) electrons. The van der Waals surface area contributed by atoms with E-state index in [1.54, 1.807) is 12.1 Å². The van der Waals surface area contributed by atoms with Crippen LogP contribution < -0.4 is 9.47 Å². The number of alkyl halides is 1. The number of para-hydroxylation sites is 1. The molecule has 0 saturated carbocycles. The molecule has 1 aliphatic rings. The zero-order valence-electron chi connectivity index (χ0n) is 6.09. The number of ether oxygens (including phenoxy) is 2. The van der Waals surface area contributed by atoms with Crippen LogP contribution in [-0.2, 0) is 0 Å². The maximum atomic E-state index is 13.0. The van der Waals surface area contributed by atoms with Gasteiger partial charge in [-0.25, -0.2) is 4.39 Å². The van der Waals surface area contributed by atoms with E-state index in [9.17, 15) is 4.39 Å². The monoisotopic (exact) mass is 232 g/mol. The van der Waals surface area contributed by atoms with Crippen LogP contribution in [0.25, 0.3) is 0 Å². The molecule has 4 heteroatoms. The summed E-state index contributed by atoms with van der Waals surface area (Å²) in [6.07, 6.45) is 0. The van der Waals surface area contributed by atoms with Gasteiger partial charge in [-0.15, -0.1) is 0 Å². The van der Waals surface area contributed by atoms with E-state index < -0.39 is 5.82 Å². The predicted molar refractivity (Wildman–Crippen MR) is 45.2 cm³/mol. The smallest absolute Gasteiger partial charge is 0.198 e. The minimum atomic E-state index is -0.392. The van der Waals surface area contributed by atoms with Crippen LogP contribution in [0.5, 0.6) is 11.5 Å². The Morgan fingerprint density at radius 1 is 1.50 bits per heavy atom. The van der Waals surface area contributed by atoms with Crippen molar-refractivity contribution >= 4 is 15.9 Å². The van der Waals surface area contributed by atoms with Crippen LogP contribution in [-0.4, -0.2) is 11.6 Å². The van der Waals surface area contributed by atoms with Crippen molar-refractivity contribution in [1.82, 2.24) is 0 Å². The molecule has 0 aromatic heterocycles. The lowest BCUT2D eigenvalue weighted by molar-refractivity contribution is 0.146. The summed E-state index contributed by atoms with van der Waals surface area (Å²) in [5.41, 5.74) is 0. The first-order valence-electron chi connectivity index (χ1n) is 3.49. The molecule has 0 aliphatic carbocycles. The van der Waals surface area contributed by atoms with Gasteiger partial charge in [-0.05, 0) is 28.1 Å². The van der Waals surface area contributed by atoms with E-state index in [2.05, 4.69) is 15.9 Å². The zero-order chi connectivity index (χ0) is 8.55. The Labute approximate surface area is 77.4 Å². The van der Waals surface area contributed by atoms with Gasteiger partial charge in [0.05, 0.1) is 0 Å². The van der Waals surface area contributed by atoms with Gasteiger partial charge >= 0.3 is 0 Å². The normalized spacial score (nSPS) is 20.7. The van der Waals surface area contributed by atoms with E-state index >= 15 is 0 Å². The molecular weight excluding hydrogens is 227 g/mol. The van der Waals surface area contributed by atoms with Gasteiger partial charge in [0.15, 0.2) is 22.3 Å². The van der Waals surface area contributed by atoms with Gasteiger partial charge < -0.3 is 9.47 Å². The minimum Gasteiger partial charge on any atom is -0.485 e. The van der Waals surface area contributed by atoms with Crippen molar-refractivity contribution in [3.63, 3.8) is 0 Å². The number of rotatable bonds is 0. The highest BCUT2D eigenvalue weighted by Crippen LogP contribution is 2.34. The highest BCUT2D eigenvalue weighted by Gasteiger charge is 2.21. The molecule has 1 atom stereocenters. The topological polar surface area (TPSA) is 18.5 Å². The standard InChI is InChI=1S/C8H6BrFO2/c9-7-4-11-6-3-1-2-5(10)8(6)12-7/h1-3,7H,4H2. The Bertz CT molecular complexity index is 303. The van der Waals surface area contributed by atoms with Crippen LogP contribution in [0.1, 0.15) is 0 Å². The van der Waals surface area contributed by atoms with Gasteiger partial charge in [-0.1, -0.05) is 6.07 Å². The molecule has 0 N–H and O–H groups in total. The number of hydrogen-bond acceptors (Lipinski definition) is 2. The summed E-state index contributed by atoms with van der Waals surface area (Å²) in [4.78, 5) is 0. The lowest BCUT2D eigenvalue weighted by Gasteiger charge is -2.22. The Morgan fingerprint density at radius 2 is 2.33 bits per heavy atom. The van der Waals surface area contributed by atoms with Crippen LogP contribution in [0.15, 0.2) is 18.2 Å². The van der Waals surface area contributed by atoms with Gasteiger partial charge in [0.1, 0.15) is 6.61 Å². The third kappa shape index (κ3) is 1.27. The molecular formula is C8H6BrFO2. The molecule has 12 heavy (non-hydrogen) atoms. The highest BCUT2D eigenvalue weighted by atomic mass is 79.9. The largest absolute Gasteiger partial charge is 0.485 e. The quantitative estimate of drug-likeness (QED) is 0.640. The first kappa shape index (κ1) is 7.86. The average Bonchev–Trinajstić information content (AvgIpc) is 2.07. The number of fused-ring (bicyclic) bond motifs is 1. The molecule has 2 nitrogen and oxygen atoms in total. The van der Waals surface area contributed by atoms with Crippen molar-refractivity contribution < 1.29 is 13.9 Å². The van der Waals surface area contributed by atoms with Crippen molar-refractivity contribution in [1.29, 1.82) is 0 Å². The third-order valence-electron chi connectivity index (χ3n) is 1.55. The fourth-order valence-corrected chi connectivity index (χ4v) is 1.35. The van der Waals surface area contributed by atoms with E-state index in [4.69, 9.17) is 9.47 Å². The second-order valence-corrected chi connectivity index (χ2v) is 3.43. The lowest BCUT2D eigenvalue weighted by atomic mass is 10.3. The second-order valence-electron chi connectivity index (χ2n) is 2.41. The number of halogens is 2. The molecule has 0 bridgehead atoms. The van der Waals surface area contributed by atoms with E-state index in [1.807, 2.05) is 0 Å². The van der Waals surface area contributed by atoms with Gasteiger partial charge in [0, 0.05) is 0 Å². The average molecular weight is 233 g/mol. The van der Waals surface area contributed by atoms with Crippen LogP contribution in [0.4, 0.5) is 4.39 Å². The summed E-state index contributed by atoms with van der Waals surface area (Å²) in [6, 6.07) is 4.61. The van der Waals surface area contributed by atoms with Crippen LogP contribution >= 0.6 is 15.9 Å². The molecule has 1 heterocycles. The maximum Gasteiger partial charge on any atom is 0.198 e. The Balaban J connectivity index is 2.43. The Hall–Kier alpha value is -0.770. The Kier molecular flexibility index (Phi) is 1.92. The van der Waals surface area contributed by atoms with Crippen LogP contribution in [0, 0.1) is 5.82 Å². The molecule has 2 rings (SSSR count). The third-order valence-corrected chi connectivity index (χ3v) is 2.00. The maximum absolute atomic E-state index is 13.0.